The van der Waals surface area contributed by atoms with Crippen LogP contribution in [-0.2, 0) is 9.53 Å². The first-order valence-corrected chi connectivity index (χ1v) is 7.12. The number of halogens is 1. The summed E-state index contributed by atoms with van der Waals surface area (Å²) in [6.45, 7) is 9.85. The number of rotatable bonds is 4. The van der Waals surface area contributed by atoms with Crippen molar-refractivity contribution in [2.24, 2.45) is 0 Å². The molecule has 0 spiro atoms. The summed E-state index contributed by atoms with van der Waals surface area (Å²) in [6, 6.07) is 8.87. The summed E-state index contributed by atoms with van der Waals surface area (Å²) >= 11 is 0. The van der Waals surface area contributed by atoms with E-state index in [1.807, 2.05) is 0 Å². The molecule has 1 N–H and O–H groups in total. The number of nitrogens with zero attached hydrogens (tertiary/aromatic N) is 1. The second-order valence-corrected chi connectivity index (χ2v) is 5.17. The van der Waals surface area contributed by atoms with Crippen LogP contribution in [0.1, 0.15) is 21.5 Å². The zero-order chi connectivity index (χ0) is 17.7. The molecule has 0 saturated carbocycles. The third-order valence-electron chi connectivity index (χ3n) is 3.33. The average Bonchev–Trinajstić information content (AvgIpc) is 2.54. The maximum Gasteiger partial charge on any atom is 0.339 e. The molecule has 5 nitrogen and oxygen atoms in total. The molecule has 0 aliphatic rings. The largest absolute Gasteiger partial charge is 0.452 e. The second-order valence-electron chi connectivity index (χ2n) is 5.17. The first kappa shape index (κ1) is 17.2. The van der Waals surface area contributed by atoms with Gasteiger partial charge in [-0.2, -0.15) is 0 Å². The summed E-state index contributed by atoms with van der Waals surface area (Å²) in [5, 5.41) is 2.33. The van der Waals surface area contributed by atoms with Crippen molar-refractivity contribution < 1.29 is 18.7 Å². The second kappa shape index (κ2) is 7.38. The Kier molecular flexibility index (Phi) is 5.27. The van der Waals surface area contributed by atoms with E-state index in [9.17, 15) is 14.0 Å². The number of carbonyl (C=O) groups excluding carboxylic acids is 2. The lowest BCUT2D eigenvalue weighted by molar-refractivity contribution is -0.119. The van der Waals surface area contributed by atoms with E-state index in [1.165, 1.54) is 18.2 Å². The van der Waals surface area contributed by atoms with Crippen LogP contribution in [-0.4, -0.2) is 18.5 Å². The Labute approximate surface area is 138 Å². The summed E-state index contributed by atoms with van der Waals surface area (Å²) in [5.41, 5.74) is 1.97. The first-order valence-electron chi connectivity index (χ1n) is 7.12. The van der Waals surface area contributed by atoms with Gasteiger partial charge in [-0.3, -0.25) is 4.79 Å². The van der Waals surface area contributed by atoms with Crippen molar-refractivity contribution in [2.75, 3.05) is 11.9 Å². The molecule has 0 aliphatic heterocycles. The third-order valence-corrected chi connectivity index (χ3v) is 3.33. The molecule has 122 valence electrons. The molecule has 0 bridgehead atoms. The minimum Gasteiger partial charge on any atom is -0.452 e. The van der Waals surface area contributed by atoms with Crippen LogP contribution in [0.25, 0.3) is 4.85 Å². The van der Waals surface area contributed by atoms with Gasteiger partial charge in [0.05, 0.1) is 17.8 Å². The highest BCUT2D eigenvalue weighted by atomic mass is 19.1. The van der Waals surface area contributed by atoms with Gasteiger partial charge in [-0.1, -0.05) is 24.3 Å². The molecular formula is C18H15FN2O3. The Morgan fingerprint density at radius 3 is 2.42 bits per heavy atom. The SMILES string of the molecule is [C-]#[N+]c1cc(C)c(C(=O)OCC(=O)Nc2ccccc2F)c(C)c1. The van der Waals surface area contributed by atoms with Gasteiger partial charge in [0, 0.05) is 0 Å². The van der Waals surface area contributed by atoms with E-state index in [4.69, 9.17) is 11.3 Å². The van der Waals surface area contributed by atoms with Crippen molar-refractivity contribution in [1.82, 2.24) is 0 Å². The Hall–Kier alpha value is -3.20. The molecule has 0 atom stereocenters. The molecule has 0 fully saturated rings. The van der Waals surface area contributed by atoms with Crippen molar-refractivity contribution in [3.05, 3.63) is 70.3 Å². The summed E-state index contributed by atoms with van der Waals surface area (Å²) in [4.78, 5) is 27.3. The van der Waals surface area contributed by atoms with Crippen LogP contribution in [0.4, 0.5) is 15.8 Å². The van der Waals surface area contributed by atoms with Crippen molar-refractivity contribution >= 4 is 23.3 Å². The summed E-state index contributed by atoms with van der Waals surface area (Å²) in [7, 11) is 0. The van der Waals surface area contributed by atoms with Gasteiger partial charge in [0.25, 0.3) is 5.91 Å². The van der Waals surface area contributed by atoms with Crippen LogP contribution >= 0.6 is 0 Å². The number of aryl methyl sites for hydroxylation is 2. The van der Waals surface area contributed by atoms with Gasteiger partial charge in [0.2, 0.25) is 0 Å². The molecule has 0 saturated heterocycles. The van der Waals surface area contributed by atoms with Crippen LogP contribution in [0.3, 0.4) is 0 Å². The number of para-hydroxylation sites is 1. The lowest BCUT2D eigenvalue weighted by Gasteiger charge is -2.11. The van der Waals surface area contributed by atoms with Crippen LogP contribution in [0.15, 0.2) is 36.4 Å². The molecule has 0 radical (unpaired) electrons. The molecule has 6 heteroatoms. The third kappa shape index (κ3) is 3.96. The number of ether oxygens (including phenoxy) is 1. The first-order chi connectivity index (χ1) is 11.4. The molecule has 0 heterocycles. The molecule has 2 aromatic carbocycles. The zero-order valence-corrected chi connectivity index (χ0v) is 13.2. The maximum atomic E-state index is 13.4. The molecule has 2 rings (SSSR count). The van der Waals surface area contributed by atoms with Gasteiger partial charge in [0.1, 0.15) is 5.82 Å². The van der Waals surface area contributed by atoms with E-state index in [1.54, 1.807) is 32.0 Å². The quantitative estimate of drug-likeness (QED) is 0.687. The van der Waals surface area contributed by atoms with Crippen LogP contribution in [0, 0.1) is 26.2 Å². The van der Waals surface area contributed by atoms with Gasteiger partial charge in [0.15, 0.2) is 12.3 Å². The van der Waals surface area contributed by atoms with Gasteiger partial charge < -0.3 is 10.1 Å². The van der Waals surface area contributed by atoms with Crippen LogP contribution in [0.2, 0.25) is 0 Å². The molecule has 2 aromatic rings. The van der Waals surface area contributed by atoms with Gasteiger partial charge in [-0.05, 0) is 37.1 Å². The van der Waals surface area contributed by atoms with E-state index in [0.717, 1.165) is 0 Å². The van der Waals surface area contributed by atoms with E-state index >= 15 is 0 Å². The Balaban J connectivity index is 2.02. The van der Waals surface area contributed by atoms with Crippen molar-refractivity contribution in [2.45, 2.75) is 13.8 Å². The molecule has 24 heavy (non-hydrogen) atoms. The number of hydrogen-bond donors (Lipinski definition) is 1. The number of anilines is 1. The summed E-state index contributed by atoms with van der Waals surface area (Å²) in [5.74, 6) is -1.87. The van der Waals surface area contributed by atoms with E-state index in [0.29, 0.717) is 22.4 Å². The van der Waals surface area contributed by atoms with Gasteiger partial charge >= 0.3 is 5.97 Å². The maximum absolute atomic E-state index is 13.4. The van der Waals surface area contributed by atoms with E-state index in [-0.39, 0.29) is 5.69 Å². The Bertz CT molecular complexity index is 817. The lowest BCUT2D eigenvalue weighted by atomic mass is 10.0. The monoisotopic (exact) mass is 326 g/mol. The Morgan fingerprint density at radius 1 is 1.21 bits per heavy atom. The minimum atomic E-state index is -0.662. The van der Waals surface area contributed by atoms with Gasteiger partial charge in [-0.15, -0.1) is 0 Å². The lowest BCUT2D eigenvalue weighted by Crippen LogP contribution is -2.22. The number of benzene rings is 2. The van der Waals surface area contributed by atoms with Crippen molar-refractivity contribution in [3.63, 3.8) is 0 Å². The number of carbonyl (C=O) groups is 2. The molecular weight excluding hydrogens is 311 g/mol. The van der Waals surface area contributed by atoms with Crippen LogP contribution < -0.4 is 5.32 Å². The van der Waals surface area contributed by atoms with E-state index in [2.05, 4.69) is 10.2 Å². The Morgan fingerprint density at radius 2 is 1.83 bits per heavy atom. The summed E-state index contributed by atoms with van der Waals surface area (Å²) in [6.07, 6.45) is 0. The molecule has 0 unspecified atom stereocenters. The zero-order valence-electron chi connectivity index (χ0n) is 13.2. The van der Waals surface area contributed by atoms with Crippen molar-refractivity contribution in [1.29, 1.82) is 0 Å². The predicted molar refractivity (Wildman–Crippen MR) is 87.5 cm³/mol. The molecule has 0 aliphatic carbocycles. The summed E-state index contributed by atoms with van der Waals surface area (Å²) < 4.78 is 18.4. The molecule has 1 amide bonds. The van der Waals surface area contributed by atoms with Gasteiger partial charge in [-0.25, -0.2) is 14.0 Å². The fourth-order valence-corrected chi connectivity index (χ4v) is 2.28. The number of hydrogen-bond acceptors (Lipinski definition) is 3. The highest BCUT2D eigenvalue weighted by molar-refractivity contribution is 5.97. The minimum absolute atomic E-state index is 0.0207. The fraction of sp³-hybridized carbons (Fsp3) is 0.167. The molecule has 0 aromatic heterocycles. The number of nitrogens with one attached hydrogen (secondary N) is 1. The average molecular weight is 326 g/mol. The fourth-order valence-electron chi connectivity index (χ4n) is 2.28. The predicted octanol–water partition coefficient (Wildman–Crippen LogP) is 3.79. The van der Waals surface area contributed by atoms with E-state index < -0.39 is 24.3 Å². The highest BCUT2D eigenvalue weighted by Gasteiger charge is 2.16. The number of amides is 1. The number of esters is 1. The van der Waals surface area contributed by atoms with Crippen LogP contribution in [0.5, 0.6) is 0 Å². The highest BCUT2D eigenvalue weighted by Crippen LogP contribution is 2.23. The topological polar surface area (TPSA) is 59.8 Å². The van der Waals surface area contributed by atoms with Crippen molar-refractivity contribution in [3.8, 4) is 0 Å². The normalized spacial score (nSPS) is 9.92. The standard InChI is InChI=1S/C18H15FN2O3/c1-11-8-13(20-3)9-12(2)17(11)18(23)24-10-16(22)21-15-7-5-4-6-14(15)19/h4-9H,10H2,1-2H3,(H,21,22). The smallest absolute Gasteiger partial charge is 0.339 e.